The van der Waals surface area contributed by atoms with Gasteiger partial charge >= 0.3 is 0 Å². The predicted molar refractivity (Wildman–Crippen MR) is 294 cm³/mol. The van der Waals surface area contributed by atoms with E-state index in [-0.39, 0.29) is 0 Å². The number of nitrogens with zero attached hydrogens (tertiary/aromatic N) is 6. The monoisotopic (exact) mass is 930 g/mol. The zero-order chi connectivity index (χ0) is 47.9. The van der Waals surface area contributed by atoms with Crippen molar-refractivity contribution in [3.8, 4) is 51.1 Å². The molecule has 7 heteroatoms. The Labute approximate surface area is 418 Å². The minimum atomic E-state index is -0.790. The second kappa shape index (κ2) is 14.8. The molecule has 16 rings (SSSR count). The largest absolute Gasteiger partial charge is 0.457 e. The van der Waals surface area contributed by atoms with Crippen molar-refractivity contribution in [1.29, 1.82) is 0 Å². The number of hydrogen-bond donors (Lipinski definition) is 0. The maximum atomic E-state index is 7.78. The van der Waals surface area contributed by atoms with Gasteiger partial charge in [-0.25, -0.2) is 4.85 Å². The Morgan fingerprint density at radius 3 is 1.48 bits per heavy atom. The second-order valence-electron chi connectivity index (χ2n) is 19.2. The van der Waals surface area contributed by atoms with Crippen molar-refractivity contribution in [2.45, 2.75) is 5.41 Å². The molecule has 7 nitrogen and oxygen atoms in total. The van der Waals surface area contributed by atoms with Crippen LogP contribution < -0.4 is 4.74 Å². The zero-order valence-electron chi connectivity index (χ0n) is 39.0. The van der Waals surface area contributed by atoms with E-state index in [2.05, 4.69) is 213 Å². The number of aromatic nitrogens is 5. The van der Waals surface area contributed by atoms with Gasteiger partial charge in [-0.15, -0.1) is 0 Å². The van der Waals surface area contributed by atoms with Gasteiger partial charge in [-0.05, 0) is 125 Å². The molecule has 9 aromatic carbocycles. The minimum absolute atomic E-state index is 0.618. The average Bonchev–Trinajstić information content (AvgIpc) is 4.17. The van der Waals surface area contributed by atoms with E-state index in [0.29, 0.717) is 5.69 Å². The summed E-state index contributed by atoms with van der Waals surface area (Å²) in [5.74, 6) is 1.56. The van der Waals surface area contributed by atoms with E-state index >= 15 is 0 Å². The van der Waals surface area contributed by atoms with E-state index < -0.39 is 5.41 Å². The zero-order valence-corrected chi connectivity index (χ0v) is 39.0. The van der Waals surface area contributed by atoms with E-state index in [1.807, 2.05) is 36.7 Å². The Morgan fingerprint density at radius 1 is 0.370 bits per heavy atom. The molecule has 0 fully saturated rings. The highest BCUT2D eigenvalue weighted by Crippen LogP contribution is 2.62. The highest BCUT2D eigenvalue weighted by molar-refractivity contribution is 6.13. The first-order valence-electron chi connectivity index (χ1n) is 24.6. The van der Waals surface area contributed by atoms with Gasteiger partial charge in [-0.3, -0.25) is 9.97 Å². The normalized spacial score (nSPS) is 13.1. The summed E-state index contributed by atoms with van der Waals surface area (Å²) in [5.41, 5.74) is 17.9. The van der Waals surface area contributed by atoms with E-state index in [1.165, 1.54) is 32.6 Å². The van der Waals surface area contributed by atoms with Crippen LogP contribution in [0.15, 0.2) is 231 Å². The standard InChI is InChI=1S/C66H38N6O/c1-67-42-28-32-58-49(38-42)47-17-4-6-20-54(47)70(58)43-29-33-62-53(39-43)66(51-18-12-34-68-64(51)65-52(66)19-13-35-69-65)50-30-26-41(37-63(50)73-62)40-27-31-59-48(36-40)46-16-5-9-23-57(46)72(59)61-25-11-10-24-60(61)71-55-21-7-2-14-44(55)45-15-3-8-22-56(45)71/h2-39H. The molecule has 0 radical (unpaired) electrons. The Bertz CT molecular complexity index is 4660. The number of fused-ring (bicyclic) bond motifs is 18. The fourth-order valence-corrected chi connectivity index (χ4v) is 12.7. The molecule has 0 bridgehead atoms. The number of rotatable bonds is 4. The van der Waals surface area contributed by atoms with Gasteiger partial charge in [0.05, 0.1) is 67.8 Å². The molecule has 338 valence electrons. The molecule has 0 unspecified atom stereocenters. The molecule has 1 spiro atoms. The summed E-state index contributed by atoms with van der Waals surface area (Å²) in [4.78, 5) is 13.8. The van der Waals surface area contributed by atoms with E-state index in [4.69, 9.17) is 21.3 Å². The molecule has 0 amide bonds. The van der Waals surface area contributed by atoms with Crippen LogP contribution in [0.2, 0.25) is 0 Å². The summed E-state index contributed by atoms with van der Waals surface area (Å²) in [6.07, 6.45) is 3.73. The van der Waals surface area contributed by atoms with E-state index in [1.54, 1.807) is 0 Å². The Hall–Kier alpha value is -10.0. The average molecular weight is 931 g/mol. The van der Waals surface area contributed by atoms with Crippen LogP contribution in [0, 0.1) is 6.57 Å². The molecule has 6 heterocycles. The van der Waals surface area contributed by atoms with Crippen LogP contribution in [0.3, 0.4) is 0 Å². The number of pyridine rings is 2. The van der Waals surface area contributed by atoms with Crippen molar-refractivity contribution < 1.29 is 4.74 Å². The van der Waals surface area contributed by atoms with Crippen LogP contribution in [-0.2, 0) is 5.41 Å². The lowest BCUT2D eigenvalue weighted by atomic mass is 9.66. The molecular weight excluding hydrogens is 893 g/mol. The summed E-state index contributed by atoms with van der Waals surface area (Å²) in [6, 6.07) is 78.0. The molecule has 5 aromatic heterocycles. The van der Waals surface area contributed by atoms with Crippen molar-refractivity contribution in [2.75, 3.05) is 0 Å². The topological polar surface area (TPSA) is 54.2 Å². The third-order valence-electron chi connectivity index (χ3n) is 15.6. The van der Waals surface area contributed by atoms with Crippen molar-refractivity contribution in [1.82, 2.24) is 23.7 Å². The van der Waals surface area contributed by atoms with Gasteiger partial charge < -0.3 is 18.4 Å². The quantitative estimate of drug-likeness (QED) is 0.165. The first-order valence-corrected chi connectivity index (χ1v) is 24.6. The van der Waals surface area contributed by atoms with Crippen LogP contribution in [0.1, 0.15) is 22.3 Å². The molecule has 1 aliphatic heterocycles. The lowest BCUT2D eigenvalue weighted by Crippen LogP contribution is -2.32. The summed E-state index contributed by atoms with van der Waals surface area (Å²) in [7, 11) is 0. The molecule has 2 aliphatic rings. The maximum absolute atomic E-state index is 7.78. The van der Waals surface area contributed by atoms with Crippen molar-refractivity contribution in [3.63, 3.8) is 0 Å². The van der Waals surface area contributed by atoms with Gasteiger partial charge in [-0.1, -0.05) is 121 Å². The maximum Gasteiger partial charge on any atom is 0.188 e. The molecule has 73 heavy (non-hydrogen) atoms. The van der Waals surface area contributed by atoms with Crippen LogP contribution in [0.25, 0.3) is 110 Å². The fourth-order valence-electron chi connectivity index (χ4n) is 12.7. The lowest BCUT2D eigenvalue weighted by molar-refractivity contribution is 0.436. The second-order valence-corrected chi connectivity index (χ2v) is 19.2. The van der Waals surface area contributed by atoms with Gasteiger partial charge in [0.1, 0.15) is 11.5 Å². The molecule has 14 aromatic rings. The molecule has 0 N–H and O–H groups in total. The first kappa shape index (κ1) is 39.8. The molecule has 0 saturated carbocycles. The molecule has 0 atom stereocenters. The number of ether oxygens (including phenoxy) is 1. The fraction of sp³-hybridized carbons (Fsp3) is 0.0152. The SMILES string of the molecule is [C-]#[N+]c1ccc2c(c1)c1ccccc1n2-c1ccc2c(c1)C1(c3ccc(-c4ccc5c(c4)c4ccccc4n5-c4ccccc4-n4c5ccccc5c5ccccc54)cc3O2)c2cccnc2-c2ncccc21. The van der Waals surface area contributed by atoms with Crippen molar-refractivity contribution in [2.24, 2.45) is 0 Å². The van der Waals surface area contributed by atoms with Crippen LogP contribution >= 0.6 is 0 Å². The van der Waals surface area contributed by atoms with Crippen molar-refractivity contribution >= 4 is 71.1 Å². The van der Waals surface area contributed by atoms with Gasteiger partial charge in [0.15, 0.2) is 5.69 Å². The predicted octanol–water partition coefficient (Wildman–Crippen LogP) is 16.5. The van der Waals surface area contributed by atoms with Gasteiger partial charge in [0.25, 0.3) is 0 Å². The third-order valence-corrected chi connectivity index (χ3v) is 15.6. The smallest absolute Gasteiger partial charge is 0.188 e. The molecular formula is C66H38N6O. The number of benzene rings is 9. The van der Waals surface area contributed by atoms with Crippen LogP contribution in [-0.4, -0.2) is 23.7 Å². The number of hydrogen-bond acceptors (Lipinski definition) is 3. The summed E-state index contributed by atoms with van der Waals surface area (Å²) in [5, 5.41) is 6.97. The van der Waals surface area contributed by atoms with E-state index in [9.17, 15) is 0 Å². The van der Waals surface area contributed by atoms with Gasteiger partial charge in [-0.2, -0.15) is 0 Å². The minimum Gasteiger partial charge on any atom is -0.457 e. The third kappa shape index (κ3) is 5.30. The molecule has 1 aliphatic carbocycles. The Morgan fingerprint density at radius 2 is 0.863 bits per heavy atom. The van der Waals surface area contributed by atoms with Crippen LogP contribution in [0.4, 0.5) is 5.69 Å². The highest BCUT2D eigenvalue weighted by atomic mass is 16.5. The summed E-state index contributed by atoms with van der Waals surface area (Å²) in [6.45, 7) is 7.78. The van der Waals surface area contributed by atoms with Gasteiger partial charge in [0.2, 0.25) is 0 Å². The Balaban J connectivity index is 0.884. The Kier molecular flexibility index (Phi) is 8.04. The summed E-state index contributed by atoms with van der Waals surface area (Å²) < 4.78 is 14.3. The summed E-state index contributed by atoms with van der Waals surface area (Å²) >= 11 is 0. The first-order chi connectivity index (χ1) is 36.2. The van der Waals surface area contributed by atoms with Crippen molar-refractivity contribution in [3.05, 3.63) is 264 Å². The number of para-hydroxylation sites is 6. The molecule has 0 saturated heterocycles. The van der Waals surface area contributed by atoms with E-state index in [0.717, 1.165) is 106 Å². The lowest BCUT2D eigenvalue weighted by Gasteiger charge is -2.39. The van der Waals surface area contributed by atoms with Crippen LogP contribution in [0.5, 0.6) is 11.5 Å². The van der Waals surface area contributed by atoms with Gasteiger partial charge in [0, 0.05) is 56.1 Å². The highest BCUT2D eigenvalue weighted by Gasteiger charge is 2.52.